The van der Waals surface area contributed by atoms with Gasteiger partial charge in [-0.15, -0.1) is 0 Å². The minimum atomic E-state index is 0.256. The molecule has 4 heteroatoms. The SMILES string of the molecule is COc1ccccc1C(=N)Nc1ccc(C#N)c(C)c1. The number of nitriles is 1. The Kier molecular flexibility index (Phi) is 4.02. The molecule has 0 atom stereocenters. The number of para-hydroxylation sites is 1. The molecule has 0 amide bonds. The minimum Gasteiger partial charge on any atom is -0.496 e. The van der Waals surface area contributed by atoms with E-state index in [0.29, 0.717) is 16.9 Å². The molecule has 2 aromatic rings. The number of rotatable bonds is 3. The largest absolute Gasteiger partial charge is 0.496 e. The highest BCUT2D eigenvalue weighted by Gasteiger charge is 2.08. The molecule has 0 aliphatic heterocycles. The third kappa shape index (κ3) is 2.78. The lowest BCUT2D eigenvalue weighted by Crippen LogP contribution is -2.13. The second kappa shape index (κ2) is 5.89. The van der Waals surface area contributed by atoms with E-state index in [0.717, 1.165) is 11.3 Å². The van der Waals surface area contributed by atoms with E-state index in [-0.39, 0.29) is 5.84 Å². The normalized spacial score (nSPS) is 9.65. The Bertz CT molecular complexity index is 686. The van der Waals surface area contributed by atoms with E-state index in [9.17, 15) is 0 Å². The number of hydrogen-bond donors (Lipinski definition) is 2. The van der Waals surface area contributed by atoms with Gasteiger partial charge in [0.15, 0.2) is 0 Å². The van der Waals surface area contributed by atoms with Crippen molar-refractivity contribution < 1.29 is 4.74 Å². The summed E-state index contributed by atoms with van der Waals surface area (Å²) in [4.78, 5) is 0. The van der Waals surface area contributed by atoms with Crippen LogP contribution >= 0.6 is 0 Å². The summed E-state index contributed by atoms with van der Waals surface area (Å²) in [5.74, 6) is 0.905. The quantitative estimate of drug-likeness (QED) is 0.660. The molecular formula is C16H15N3O. The first-order valence-corrected chi connectivity index (χ1v) is 6.15. The predicted octanol–water partition coefficient (Wildman–Crippen LogP) is 3.31. The monoisotopic (exact) mass is 265 g/mol. The van der Waals surface area contributed by atoms with E-state index in [1.54, 1.807) is 19.2 Å². The molecule has 2 rings (SSSR count). The average Bonchev–Trinajstić information content (AvgIpc) is 2.47. The van der Waals surface area contributed by atoms with Crippen molar-refractivity contribution in [3.63, 3.8) is 0 Å². The van der Waals surface area contributed by atoms with Gasteiger partial charge < -0.3 is 10.1 Å². The number of aryl methyl sites for hydroxylation is 1. The standard InChI is InChI=1S/C16H15N3O/c1-11-9-13(8-7-12(11)10-17)19-16(18)14-5-3-4-6-15(14)20-2/h3-9H,1-2H3,(H2,18,19). The van der Waals surface area contributed by atoms with Gasteiger partial charge >= 0.3 is 0 Å². The molecule has 0 bridgehead atoms. The van der Waals surface area contributed by atoms with Gasteiger partial charge in [-0.2, -0.15) is 5.26 Å². The van der Waals surface area contributed by atoms with Crippen LogP contribution in [0.1, 0.15) is 16.7 Å². The molecule has 0 radical (unpaired) electrons. The van der Waals surface area contributed by atoms with Crippen LogP contribution in [0, 0.1) is 23.7 Å². The highest BCUT2D eigenvalue weighted by atomic mass is 16.5. The maximum Gasteiger partial charge on any atom is 0.133 e. The molecule has 20 heavy (non-hydrogen) atoms. The van der Waals surface area contributed by atoms with E-state index in [1.807, 2.05) is 37.3 Å². The molecule has 0 aromatic heterocycles. The van der Waals surface area contributed by atoms with Crippen LogP contribution in [0.25, 0.3) is 0 Å². The van der Waals surface area contributed by atoms with Crippen LogP contribution in [-0.4, -0.2) is 12.9 Å². The number of nitrogens with zero attached hydrogens (tertiary/aromatic N) is 1. The average molecular weight is 265 g/mol. The number of nitrogens with one attached hydrogen (secondary N) is 2. The van der Waals surface area contributed by atoms with Crippen molar-refractivity contribution in [1.82, 2.24) is 0 Å². The maximum absolute atomic E-state index is 8.91. The second-order valence-corrected chi connectivity index (χ2v) is 4.34. The summed E-state index contributed by atoms with van der Waals surface area (Å²) >= 11 is 0. The summed E-state index contributed by atoms with van der Waals surface area (Å²) in [5.41, 5.74) is 2.99. The smallest absolute Gasteiger partial charge is 0.133 e. The zero-order chi connectivity index (χ0) is 14.5. The van der Waals surface area contributed by atoms with Crippen LogP contribution in [0.4, 0.5) is 5.69 Å². The summed E-state index contributed by atoms with van der Waals surface area (Å²) in [6.45, 7) is 1.87. The highest BCUT2D eigenvalue weighted by molar-refractivity contribution is 6.08. The van der Waals surface area contributed by atoms with Gasteiger partial charge in [0.05, 0.1) is 24.3 Å². The second-order valence-electron chi connectivity index (χ2n) is 4.34. The number of ether oxygens (including phenoxy) is 1. The molecule has 0 heterocycles. The van der Waals surface area contributed by atoms with E-state index < -0.39 is 0 Å². The van der Waals surface area contributed by atoms with Crippen molar-refractivity contribution >= 4 is 11.5 Å². The lowest BCUT2D eigenvalue weighted by molar-refractivity contribution is 0.414. The zero-order valence-corrected chi connectivity index (χ0v) is 11.4. The van der Waals surface area contributed by atoms with Crippen LogP contribution in [-0.2, 0) is 0 Å². The summed E-state index contributed by atoms with van der Waals surface area (Å²) in [6, 6.07) is 14.9. The van der Waals surface area contributed by atoms with Crippen molar-refractivity contribution in [2.24, 2.45) is 0 Å². The number of methoxy groups -OCH3 is 1. The Labute approximate surface area is 118 Å². The van der Waals surface area contributed by atoms with E-state index in [1.165, 1.54) is 0 Å². The first-order chi connectivity index (χ1) is 9.65. The van der Waals surface area contributed by atoms with Crippen LogP contribution in [0.3, 0.4) is 0 Å². The molecule has 100 valence electrons. The van der Waals surface area contributed by atoms with Crippen molar-refractivity contribution in [2.75, 3.05) is 12.4 Å². The third-order valence-corrected chi connectivity index (χ3v) is 2.99. The van der Waals surface area contributed by atoms with Gasteiger partial charge in [0.25, 0.3) is 0 Å². The summed E-state index contributed by atoms with van der Waals surface area (Å²) in [5, 5.41) is 20.1. The highest BCUT2D eigenvalue weighted by Crippen LogP contribution is 2.20. The van der Waals surface area contributed by atoms with E-state index >= 15 is 0 Å². The Balaban J connectivity index is 2.24. The molecule has 0 spiro atoms. The molecule has 0 unspecified atom stereocenters. The maximum atomic E-state index is 8.91. The lowest BCUT2D eigenvalue weighted by Gasteiger charge is -2.12. The first-order valence-electron chi connectivity index (χ1n) is 6.15. The molecule has 2 aromatic carbocycles. The van der Waals surface area contributed by atoms with Crippen LogP contribution in [0.5, 0.6) is 5.75 Å². The Morgan fingerprint density at radius 1 is 1.25 bits per heavy atom. The van der Waals surface area contributed by atoms with Crippen LogP contribution in [0.2, 0.25) is 0 Å². The van der Waals surface area contributed by atoms with Gasteiger partial charge in [0, 0.05) is 5.69 Å². The Morgan fingerprint density at radius 3 is 2.65 bits per heavy atom. The van der Waals surface area contributed by atoms with Gasteiger partial charge in [-0.05, 0) is 42.8 Å². The van der Waals surface area contributed by atoms with Crippen molar-refractivity contribution in [3.05, 3.63) is 59.2 Å². The third-order valence-electron chi connectivity index (χ3n) is 2.99. The lowest BCUT2D eigenvalue weighted by atomic mass is 10.1. The molecule has 0 aliphatic rings. The first kappa shape index (κ1) is 13.6. The van der Waals surface area contributed by atoms with Crippen molar-refractivity contribution in [3.8, 4) is 11.8 Å². The van der Waals surface area contributed by atoms with Gasteiger partial charge in [-0.3, -0.25) is 5.41 Å². The summed E-state index contributed by atoms with van der Waals surface area (Å²) in [7, 11) is 1.58. The zero-order valence-electron chi connectivity index (χ0n) is 11.4. The summed E-state index contributed by atoms with van der Waals surface area (Å²) < 4.78 is 5.24. The fraction of sp³-hybridized carbons (Fsp3) is 0.125. The molecule has 0 saturated heterocycles. The fourth-order valence-corrected chi connectivity index (χ4v) is 1.93. The minimum absolute atomic E-state index is 0.256. The van der Waals surface area contributed by atoms with E-state index in [4.69, 9.17) is 15.4 Å². The molecule has 0 fully saturated rings. The van der Waals surface area contributed by atoms with Gasteiger partial charge in [-0.1, -0.05) is 12.1 Å². The number of hydrogen-bond acceptors (Lipinski definition) is 3. The Morgan fingerprint density at radius 2 is 2.00 bits per heavy atom. The molecular weight excluding hydrogens is 250 g/mol. The fourth-order valence-electron chi connectivity index (χ4n) is 1.93. The predicted molar refractivity (Wildman–Crippen MR) is 79.3 cm³/mol. The Hall–Kier alpha value is -2.80. The number of benzene rings is 2. The summed E-state index contributed by atoms with van der Waals surface area (Å²) in [6.07, 6.45) is 0. The molecule has 4 nitrogen and oxygen atoms in total. The number of anilines is 1. The van der Waals surface area contributed by atoms with Crippen molar-refractivity contribution in [2.45, 2.75) is 6.92 Å². The van der Waals surface area contributed by atoms with Crippen molar-refractivity contribution in [1.29, 1.82) is 10.7 Å². The van der Waals surface area contributed by atoms with Crippen LogP contribution < -0.4 is 10.1 Å². The van der Waals surface area contributed by atoms with Crippen LogP contribution in [0.15, 0.2) is 42.5 Å². The molecule has 2 N–H and O–H groups in total. The number of amidine groups is 1. The molecule has 0 saturated carbocycles. The van der Waals surface area contributed by atoms with Gasteiger partial charge in [-0.25, -0.2) is 0 Å². The topological polar surface area (TPSA) is 68.9 Å². The van der Waals surface area contributed by atoms with E-state index in [2.05, 4.69) is 11.4 Å². The van der Waals surface area contributed by atoms with Gasteiger partial charge in [0.1, 0.15) is 11.6 Å². The van der Waals surface area contributed by atoms with Gasteiger partial charge in [0.2, 0.25) is 0 Å². The molecule has 0 aliphatic carbocycles.